The van der Waals surface area contributed by atoms with E-state index in [9.17, 15) is 0 Å². The van der Waals surface area contributed by atoms with Crippen LogP contribution < -0.4 is 24.8 Å². The minimum atomic E-state index is 0. The predicted octanol–water partition coefficient (Wildman–Crippen LogP) is 11.3. The van der Waals surface area contributed by atoms with Gasteiger partial charge in [0.25, 0.3) is 0 Å². The van der Waals surface area contributed by atoms with Crippen LogP contribution in [0, 0.1) is 24.3 Å². The first-order valence-electron chi connectivity index (χ1n) is 25.0. The van der Waals surface area contributed by atoms with Gasteiger partial charge >= 0.3 is 119 Å². The number of benzene rings is 4. The molecule has 0 bridgehead atoms. The Bertz CT molecular complexity index is 2070. The first kappa shape index (κ1) is 60.2. The molecule has 68 heavy (non-hydrogen) atoms. The summed E-state index contributed by atoms with van der Waals surface area (Å²) < 4.78 is 3.61. The zero-order chi connectivity index (χ0) is 48.1. The first-order valence-corrected chi connectivity index (χ1v) is 27.5. The molecule has 0 amide bonds. The monoisotopic (exact) mass is 1100 g/mol. The molecule has 2 saturated carbocycles. The van der Waals surface area contributed by atoms with Gasteiger partial charge < -0.3 is 24.8 Å². The number of hydrogen-bond acceptors (Lipinski definition) is 0. The third kappa shape index (κ3) is 18.8. The molecule has 0 atom stereocenters. The average molecular weight is 1100 g/mol. The molecule has 0 aliphatic heterocycles. The summed E-state index contributed by atoms with van der Waals surface area (Å²) >= 11 is 3.38. The van der Waals surface area contributed by atoms with Gasteiger partial charge in [-0.05, 0) is 34.8 Å². The molecule has 360 valence electrons. The third-order valence-electron chi connectivity index (χ3n) is 13.1. The molecular weight excluding hydrogens is 1020 g/mol. The third-order valence-corrected chi connectivity index (χ3v) is 15.6. The van der Waals surface area contributed by atoms with Gasteiger partial charge in [-0.2, -0.15) is 70.8 Å². The normalized spacial score (nSPS) is 15.9. The molecule has 0 N–H and O–H groups in total. The van der Waals surface area contributed by atoms with Gasteiger partial charge in [-0.15, -0.1) is 24.0 Å². The van der Waals surface area contributed by atoms with Crippen LogP contribution >= 0.6 is 0 Å². The standard InChI is InChI=1S/2C21H25.2C6H10.2C5H5.2ClH.2Zr/c2*1-20(2,3)16-9-7-14-11-15-8-10-17(21(4,5)6)13-19(15)18(14)12-16;2*1-2-4-6-5-3-1;2*1-2-4-5-3-1;;;;/h2*7,9-10,12-13H,11H2,1-6H3;2*1-5H2;2*1-3H,4H2;2*1H;;/q2*-1;;;2*-1;;;2*+2/p-2. The fourth-order valence-electron chi connectivity index (χ4n) is 8.61. The molecule has 0 aromatic heterocycles. The fraction of sp³-hybridized carbons (Fsp3) is 0.469. The second kappa shape index (κ2) is 27.7. The summed E-state index contributed by atoms with van der Waals surface area (Å²) in [6.07, 6.45) is 36.7. The van der Waals surface area contributed by atoms with Crippen LogP contribution in [0.1, 0.15) is 205 Å². The van der Waals surface area contributed by atoms with Crippen LogP contribution in [-0.2, 0) is 83.0 Å². The Labute approximate surface area is 458 Å². The predicted molar refractivity (Wildman–Crippen MR) is 281 cm³/mol. The van der Waals surface area contributed by atoms with Crippen molar-refractivity contribution >= 4 is 6.41 Å². The van der Waals surface area contributed by atoms with Crippen LogP contribution in [-0.4, -0.2) is 6.41 Å². The zero-order valence-electron chi connectivity index (χ0n) is 43.9. The Kier molecular flexibility index (Phi) is 24.5. The van der Waals surface area contributed by atoms with E-state index in [1.54, 1.807) is 54.9 Å². The summed E-state index contributed by atoms with van der Waals surface area (Å²) in [5, 5.41) is 0. The van der Waals surface area contributed by atoms with E-state index in [4.69, 9.17) is 0 Å². The van der Waals surface area contributed by atoms with Crippen LogP contribution in [0.5, 0.6) is 0 Å². The summed E-state index contributed by atoms with van der Waals surface area (Å²) in [6, 6.07) is 30.1. The van der Waals surface area contributed by atoms with Crippen LogP contribution in [0.25, 0.3) is 22.3 Å². The number of allylic oxidation sites excluding steroid dienone is 8. The van der Waals surface area contributed by atoms with E-state index in [2.05, 4.69) is 180 Å². The molecule has 2 fully saturated rings. The van der Waals surface area contributed by atoms with Crippen molar-refractivity contribution in [2.24, 2.45) is 0 Å². The SMILES string of the molecule is CC(C)(C)c1c[c-]c2c(c1)-c1cc(C(C)(C)C)ccc1C2.CC(C)(C)c1c[c-]c2c(c1)-c1cc(C(C)(C)C)ccc1C2.[C-]1=CC=CC1.[C-]1=CC=CC1.[Cl-].[Cl-].[Zr+2]=[C]1CCCCC1.[Zr+2]=[C]1CCCCC1. The summed E-state index contributed by atoms with van der Waals surface area (Å²) in [5.41, 5.74) is 17.5. The average Bonchev–Trinajstić information content (AvgIpc) is 4.12. The van der Waals surface area contributed by atoms with E-state index >= 15 is 0 Å². The molecule has 4 heteroatoms. The van der Waals surface area contributed by atoms with Crippen molar-refractivity contribution < 1.29 is 73.3 Å². The molecule has 0 spiro atoms. The van der Waals surface area contributed by atoms with Crippen LogP contribution in [0.15, 0.2) is 97.1 Å². The van der Waals surface area contributed by atoms with Gasteiger partial charge in [-0.1, -0.05) is 153 Å². The van der Waals surface area contributed by atoms with Gasteiger partial charge in [-0.3, -0.25) is 12.2 Å². The van der Waals surface area contributed by atoms with Crippen molar-refractivity contribution in [2.75, 3.05) is 0 Å². The van der Waals surface area contributed by atoms with Crippen LogP contribution in [0.2, 0.25) is 0 Å². The Hall–Kier alpha value is -2.07. The Morgan fingerprint density at radius 3 is 0.971 bits per heavy atom. The molecule has 6 aliphatic rings. The Morgan fingerprint density at radius 1 is 0.412 bits per heavy atom. The molecule has 0 radical (unpaired) electrons. The van der Waals surface area contributed by atoms with Crippen molar-refractivity contribution in [3.8, 4) is 22.3 Å². The molecule has 0 saturated heterocycles. The summed E-state index contributed by atoms with van der Waals surface area (Å²) in [5.74, 6) is 0. The van der Waals surface area contributed by atoms with E-state index in [1.807, 2.05) is 24.3 Å². The minimum absolute atomic E-state index is 0. The summed E-state index contributed by atoms with van der Waals surface area (Å²) in [6.45, 7) is 27.3. The molecule has 0 unspecified atom stereocenters. The topological polar surface area (TPSA) is 0 Å². The Balaban J connectivity index is 0.000000239. The van der Waals surface area contributed by atoms with Gasteiger partial charge in [0.1, 0.15) is 0 Å². The molecule has 4 aromatic carbocycles. The van der Waals surface area contributed by atoms with Gasteiger partial charge in [-0.25, -0.2) is 24.3 Å². The van der Waals surface area contributed by atoms with E-state index in [1.165, 1.54) is 131 Å². The van der Waals surface area contributed by atoms with E-state index in [0.717, 1.165) is 25.7 Å². The van der Waals surface area contributed by atoms with Crippen molar-refractivity contribution in [1.29, 1.82) is 0 Å². The van der Waals surface area contributed by atoms with Crippen LogP contribution in [0.3, 0.4) is 0 Å². The van der Waals surface area contributed by atoms with Gasteiger partial charge in [0.15, 0.2) is 0 Å². The van der Waals surface area contributed by atoms with Gasteiger partial charge in [0.05, 0.1) is 0 Å². The maximum atomic E-state index is 3.53. The first-order chi connectivity index (χ1) is 31.1. The molecule has 0 heterocycles. The van der Waals surface area contributed by atoms with Crippen molar-refractivity contribution in [2.45, 2.75) is 195 Å². The van der Waals surface area contributed by atoms with E-state index < -0.39 is 0 Å². The fourth-order valence-corrected chi connectivity index (χ4v) is 10.3. The van der Waals surface area contributed by atoms with E-state index in [0.29, 0.717) is 0 Å². The summed E-state index contributed by atoms with van der Waals surface area (Å²) in [7, 11) is 0. The number of fused-ring (bicyclic) bond motifs is 6. The number of hydrogen-bond donors (Lipinski definition) is 0. The number of halogens is 2. The van der Waals surface area contributed by atoms with Gasteiger partial charge in [0.2, 0.25) is 0 Å². The quantitative estimate of drug-likeness (QED) is 0.133. The molecular formula is C64H80Cl2Zr2-2. The van der Waals surface area contributed by atoms with Crippen LogP contribution in [0.4, 0.5) is 0 Å². The number of rotatable bonds is 0. The van der Waals surface area contributed by atoms with Crippen molar-refractivity contribution in [3.63, 3.8) is 0 Å². The summed E-state index contributed by atoms with van der Waals surface area (Å²) in [4.78, 5) is 0. The molecule has 10 rings (SSSR count). The van der Waals surface area contributed by atoms with Gasteiger partial charge in [0, 0.05) is 0 Å². The Morgan fingerprint density at radius 2 is 0.735 bits per heavy atom. The second-order valence-corrected chi connectivity index (χ2v) is 26.5. The maximum absolute atomic E-state index is 3.53. The van der Waals surface area contributed by atoms with Crippen molar-refractivity contribution in [3.05, 3.63) is 166 Å². The van der Waals surface area contributed by atoms with Crippen molar-refractivity contribution in [1.82, 2.24) is 0 Å². The second-order valence-electron chi connectivity index (χ2n) is 23.0. The zero-order valence-corrected chi connectivity index (χ0v) is 50.3. The molecule has 0 nitrogen and oxygen atoms in total. The molecule has 6 aliphatic carbocycles. The van der Waals surface area contributed by atoms with E-state index in [-0.39, 0.29) is 46.5 Å². The molecule has 4 aromatic rings.